The van der Waals surface area contributed by atoms with Crippen molar-refractivity contribution in [2.24, 2.45) is 0 Å². The first-order valence-electron chi connectivity index (χ1n) is 12.2. The van der Waals surface area contributed by atoms with Crippen LogP contribution in [0.5, 0.6) is 5.75 Å². The fourth-order valence-electron chi connectivity index (χ4n) is 3.86. The summed E-state index contributed by atoms with van der Waals surface area (Å²) >= 11 is 5.94. The second-order valence-corrected chi connectivity index (χ2v) is 11.0. The Balaban J connectivity index is 1.63. The Hall–Kier alpha value is -3.66. The number of anilines is 1. The zero-order valence-electron chi connectivity index (χ0n) is 21.2. The van der Waals surface area contributed by atoms with Gasteiger partial charge >= 0.3 is 0 Å². The molecule has 1 amide bonds. The van der Waals surface area contributed by atoms with E-state index in [9.17, 15) is 13.2 Å². The van der Waals surface area contributed by atoms with Gasteiger partial charge in [-0.2, -0.15) is 9.40 Å². The summed E-state index contributed by atoms with van der Waals surface area (Å²) in [5.41, 5.74) is 2.25. The minimum atomic E-state index is -3.91. The van der Waals surface area contributed by atoms with Crippen molar-refractivity contribution in [3.63, 3.8) is 0 Å². The lowest BCUT2D eigenvalue weighted by atomic mass is 10.2. The van der Waals surface area contributed by atoms with Crippen molar-refractivity contribution in [3.05, 3.63) is 90.0 Å². The van der Waals surface area contributed by atoms with Crippen LogP contribution in [0.4, 0.5) is 5.82 Å². The van der Waals surface area contributed by atoms with Crippen LogP contribution in [0.15, 0.2) is 89.8 Å². The van der Waals surface area contributed by atoms with Crippen LogP contribution in [0, 0.1) is 0 Å². The minimum Gasteiger partial charge on any atom is -0.497 e. The first kappa shape index (κ1) is 27.4. The molecule has 10 heteroatoms. The number of unbranched alkanes of at least 4 members (excludes halogenated alkanes) is 1. The Labute approximate surface area is 227 Å². The van der Waals surface area contributed by atoms with Gasteiger partial charge in [0.2, 0.25) is 15.9 Å². The number of rotatable bonds is 11. The largest absolute Gasteiger partial charge is 0.497 e. The fourth-order valence-corrected chi connectivity index (χ4v) is 5.42. The van der Waals surface area contributed by atoms with Crippen molar-refractivity contribution >= 4 is 33.3 Å². The van der Waals surface area contributed by atoms with Crippen molar-refractivity contribution in [1.29, 1.82) is 0 Å². The molecule has 0 aliphatic rings. The van der Waals surface area contributed by atoms with Crippen molar-refractivity contribution in [2.75, 3.05) is 25.5 Å². The van der Waals surface area contributed by atoms with Crippen LogP contribution in [0.3, 0.4) is 0 Å². The highest BCUT2D eigenvalue weighted by molar-refractivity contribution is 7.89. The Kier molecular flexibility index (Phi) is 8.83. The monoisotopic (exact) mass is 552 g/mol. The smallest absolute Gasteiger partial charge is 0.243 e. The Morgan fingerprint density at radius 3 is 2.34 bits per heavy atom. The van der Waals surface area contributed by atoms with Crippen LogP contribution in [0.1, 0.15) is 19.8 Å². The normalized spacial score (nSPS) is 11.5. The Bertz CT molecular complexity index is 1470. The molecule has 0 atom stereocenters. The molecule has 0 fully saturated rings. The minimum absolute atomic E-state index is 0.0837. The van der Waals surface area contributed by atoms with E-state index in [0.717, 1.165) is 12.0 Å². The standard InChI is InChI=1S/C28H29ClN4O4S/c1-3-4-18-32(38(35,36)25-16-10-22(29)11-17-25)20-28(34)30-27-19-26(21-8-6-5-7-9-21)31-33(27)23-12-14-24(37-2)15-13-23/h5-17,19H,3-4,18,20H2,1-2H3,(H,30,34). The molecule has 0 bridgehead atoms. The predicted molar refractivity (Wildman–Crippen MR) is 149 cm³/mol. The molecule has 0 saturated heterocycles. The molecule has 0 saturated carbocycles. The molecular formula is C28H29ClN4O4S. The Morgan fingerprint density at radius 2 is 1.71 bits per heavy atom. The first-order chi connectivity index (χ1) is 18.3. The van der Waals surface area contributed by atoms with Gasteiger partial charge in [-0.15, -0.1) is 0 Å². The van der Waals surface area contributed by atoms with Gasteiger partial charge in [-0.3, -0.25) is 4.79 Å². The quantitative estimate of drug-likeness (QED) is 0.260. The SMILES string of the molecule is CCCCN(CC(=O)Nc1cc(-c2ccccc2)nn1-c1ccc(OC)cc1)S(=O)(=O)c1ccc(Cl)cc1. The lowest BCUT2D eigenvalue weighted by molar-refractivity contribution is -0.116. The lowest BCUT2D eigenvalue weighted by Crippen LogP contribution is -2.38. The topological polar surface area (TPSA) is 93.5 Å². The maximum Gasteiger partial charge on any atom is 0.243 e. The number of carbonyl (C=O) groups is 1. The zero-order valence-corrected chi connectivity index (χ0v) is 22.7. The number of carbonyl (C=O) groups excluding carboxylic acids is 1. The molecule has 1 heterocycles. The van der Waals surface area contributed by atoms with E-state index in [1.165, 1.54) is 28.6 Å². The number of aromatic nitrogens is 2. The third-order valence-corrected chi connectivity index (χ3v) is 8.01. The second-order valence-electron chi connectivity index (χ2n) is 8.58. The van der Waals surface area contributed by atoms with E-state index in [1.807, 2.05) is 49.4 Å². The van der Waals surface area contributed by atoms with Gasteiger partial charge in [-0.1, -0.05) is 55.3 Å². The summed E-state index contributed by atoms with van der Waals surface area (Å²) in [6.45, 7) is 1.83. The summed E-state index contributed by atoms with van der Waals surface area (Å²) < 4.78 is 34.8. The highest BCUT2D eigenvalue weighted by Crippen LogP contribution is 2.26. The molecule has 0 aliphatic heterocycles. The van der Waals surface area contributed by atoms with Gasteiger partial charge in [-0.05, 0) is 55.0 Å². The molecule has 0 radical (unpaired) electrons. The van der Waals surface area contributed by atoms with Gasteiger partial charge in [0.1, 0.15) is 11.6 Å². The number of ether oxygens (including phenoxy) is 1. The highest BCUT2D eigenvalue weighted by atomic mass is 35.5. The molecule has 38 heavy (non-hydrogen) atoms. The number of hydrogen-bond donors (Lipinski definition) is 1. The van der Waals surface area contributed by atoms with Crippen molar-refractivity contribution < 1.29 is 17.9 Å². The van der Waals surface area contributed by atoms with E-state index in [1.54, 1.807) is 30.0 Å². The summed E-state index contributed by atoms with van der Waals surface area (Å²) in [5.74, 6) is 0.625. The van der Waals surface area contributed by atoms with Gasteiger partial charge in [0.25, 0.3) is 0 Å². The number of hydrogen-bond acceptors (Lipinski definition) is 5. The van der Waals surface area contributed by atoms with E-state index >= 15 is 0 Å². The van der Waals surface area contributed by atoms with Crippen LogP contribution < -0.4 is 10.1 Å². The Morgan fingerprint density at radius 1 is 1.03 bits per heavy atom. The van der Waals surface area contributed by atoms with Crippen molar-refractivity contribution in [2.45, 2.75) is 24.7 Å². The van der Waals surface area contributed by atoms with Crippen LogP contribution in [0.25, 0.3) is 16.9 Å². The zero-order chi connectivity index (χ0) is 27.1. The van der Waals surface area contributed by atoms with Gasteiger partial charge in [0.05, 0.1) is 29.9 Å². The number of methoxy groups -OCH3 is 1. The number of nitrogens with zero attached hydrogens (tertiary/aromatic N) is 3. The lowest BCUT2D eigenvalue weighted by Gasteiger charge is -2.22. The average molecular weight is 553 g/mol. The number of nitrogens with one attached hydrogen (secondary N) is 1. The summed E-state index contributed by atoms with van der Waals surface area (Å²) in [4.78, 5) is 13.3. The summed E-state index contributed by atoms with van der Waals surface area (Å²) in [6, 6.07) is 24.5. The molecule has 4 rings (SSSR count). The van der Waals surface area contributed by atoms with Gasteiger partial charge in [-0.25, -0.2) is 13.1 Å². The molecule has 1 N–H and O–H groups in total. The fraction of sp³-hybridized carbons (Fsp3) is 0.214. The maximum absolute atomic E-state index is 13.3. The highest BCUT2D eigenvalue weighted by Gasteiger charge is 2.27. The van der Waals surface area contributed by atoms with Crippen LogP contribution in [-0.2, 0) is 14.8 Å². The summed E-state index contributed by atoms with van der Waals surface area (Å²) in [5, 5.41) is 8.01. The first-order valence-corrected chi connectivity index (χ1v) is 14.0. The van der Waals surface area contributed by atoms with Crippen molar-refractivity contribution in [1.82, 2.24) is 14.1 Å². The molecule has 0 spiro atoms. The molecule has 0 unspecified atom stereocenters. The maximum atomic E-state index is 13.3. The number of halogens is 1. The number of benzene rings is 3. The van der Waals surface area contributed by atoms with E-state index in [0.29, 0.717) is 34.4 Å². The van der Waals surface area contributed by atoms with Crippen molar-refractivity contribution in [3.8, 4) is 22.7 Å². The number of sulfonamides is 1. The molecule has 1 aromatic heterocycles. The molecule has 0 aliphatic carbocycles. The molecule has 198 valence electrons. The second kappa shape index (κ2) is 12.3. The van der Waals surface area contributed by atoms with E-state index < -0.39 is 15.9 Å². The third kappa shape index (κ3) is 6.42. The molecular weight excluding hydrogens is 524 g/mol. The molecule has 8 nitrogen and oxygen atoms in total. The van der Waals surface area contributed by atoms with Crippen LogP contribution in [-0.4, -0.2) is 48.6 Å². The number of amides is 1. The summed E-state index contributed by atoms with van der Waals surface area (Å²) in [7, 11) is -2.32. The van der Waals surface area contributed by atoms with Gasteiger partial charge in [0, 0.05) is 23.2 Å². The van der Waals surface area contributed by atoms with Gasteiger partial charge in [0.15, 0.2) is 0 Å². The van der Waals surface area contributed by atoms with Crippen LogP contribution in [0.2, 0.25) is 5.02 Å². The van der Waals surface area contributed by atoms with Crippen LogP contribution >= 0.6 is 11.6 Å². The third-order valence-electron chi connectivity index (χ3n) is 5.90. The summed E-state index contributed by atoms with van der Waals surface area (Å²) in [6.07, 6.45) is 1.39. The predicted octanol–water partition coefficient (Wildman–Crippen LogP) is 5.63. The molecule has 3 aromatic carbocycles. The molecule has 4 aromatic rings. The van der Waals surface area contributed by atoms with E-state index in [2.05, 4.69) is 5.32 Å². The van der Waals surface area contributed by atoms with Gasteiger partial charge < -0.3 is 10.1 Å². The van der Waals surface area contributed by atoms with E-state index in [-0.39, 0.29) is 18.0 Å². The van der Waals surface area contributed by atoms with E-state index in [4.69, 9.17) is 21.4 Å². The average Bonchev–Trinajstić information content (AvgIpc) is 3.35.